The van der Waals surface area contributed by atoms with Gasteiger partial charge in [0, 0.05) is 35.1 Å². The molecule has 1 saturated heterocycles. The molecule has 1 fully saturated rings. The Kier molecular flexibility index (Phi) is 5.59. The molecule has 3 rings (SSSR count). The summed E-state index contributed by atoms with van der Waals surface area (Å²) in [6, 6.07) is 12.5. The number of thiophene rings is 1. The molecule has 0 atom stereocenters. The number of rotatable bonds is 4. The van der Waals surface area contributed by atoms with Gasteiger partial charge in [-0.1, -0.05) is 23.7 Å². The predicted molar refractivity (Wildman–Crippen MR) is 102 cm³/mol. The van der Waals surface area contributed by atoms with Crippen molar-refractivity contribution in [1.29, 1.82) is 0 Å². The standard InChI is InChI=1S/C19H23ClN2OS/c1-13(2)22-11-9-16(10-12-22)21-19(23)18-8-7-17(24-18)14-3-5-15(20)6-4-14/h3-8,13,16H,9-12H2,1-2H3,(H,21,23). The molecule has 0 unspecified atom stereocenters. The lowest BCUT2D eigenvalue weighted by molar-refractivity contribution is 0.0904. The molecule has 5 heteroatoms. The van der Waals surface area contributed by atoms with Crippen LogP contribution in [-0.4, -0.2) is 36.0 Å². The molecular formula is C19H23ClN2OS. The summed E-state index contributed by atoms with van der Waals surface area (Å²) in [5.41, 5.74) is 1.09. The quantitative estimate of drug-likeness (QED) is 0.857. The van der Waals surface area contributed by atoms with Crippen LogP contribution in [0.25, 0.3) is 10.4 Å². The molecule has 0 bridgehead atoms. The highest BCUT2D eigenvalue weighted by atomic mass is 35.5. The zero-order valence-corrected chi connectivity index (χ0v) is 15.7. The van der Waals surface area contributed by atoms with Crippen molar-refractivity contribution in [3.63, 3.8) is 0 Å². The number of carbonyl (C=O) groups is 1. The highest BCUT2D eigenvalue weighted by Gasteiger charge is 2.22. The zero-order valence-electron chi connectivity index (χ0n) is 14.1. The summed E-state index contributed by atoms with van der Waals surface area (Å²) in [7, 11) is 0. The summed E-state index contributed by atoms with van der Waals surface area (Å²) in [5, 5.41) is 3.92. The summed E-state index contributed by atoms with van der Waals surface area (Å²) < 4.78 is 0. The molecule has 1 amide bonds. The molecule has 1 N–H and O–H groups in total. The van der Waals surface area contributed by atoms with E-state index >= 15 is 0 Å². The number of piperidine rings is 1. The molecule has 1 aliphatic rings. The molecule has 0 aliphatic carbocycles. The van der Waals surface area contributed by atoms with Gasteiger partial charge in [-0.05, 0) is 56.5 Å². The fraction of sp³-hybridized carbons (Fsp3) is 0.421. The third kappa shape index (κ3) is 4.18. The van der Waals surface area contributed by atoms with Crippen LogP contribution in [0.5, 0.6) is 0 Å². The SMILES string of the molecule is CC(C)N1CCC(NC(=O)c2ccc(-c3ccc(Cl)cc3)s2)CC1. The lowest BCUT2D eigenvalue weighted by atomic mass is 10.0. The first-order chi connectivity index (χ1) is 11.5. The molecule has 2 heterocycles. The molecule has 0 radical (unpaired) electrons. The number of hydrogen-bond donors (Lipinski definition) is 1. The van der Waals surface area contributed by atoms with Gasteiger partial charge in [0.15, 0.2) is 0 Å². The number of hydrogen-bond acceptors (Lipinski definition) is 3. The largest absolute Gasteiger partial charge is 0.349 e. The average molecular weight is 363 g/mol. The minimum atomic E-state index is 0.0446. The zero-order chi connectivity index (χ0) is 17.1. The van der Waals surface area contributed by atoms with E-state index in [1.165, 1.54) is 11.3 Å². The van der Waals surface area contributed by atoms with Crippen LogP contribution in [0.3, 0.4) is 0 Å². The van der Waals surface area contributed by atoms with Gasteiger partial charge in [0.05, 0.1) is 4.88 Å². The molecule has 24 heavy (non-hydrogen) atoms. The van der Waals surface area contributed by atoms with E-state index in [-0.39, 0.29) is 11.9 Å². The fourth-order valence-corrected chi connectivity index (χ4v) is 4.09. The van der Waals surface area contributed by atoms with E-state index in [0.717, 1.165) is 46.3 Å². The van der Waals surface area contributed by atoms with Gasteiger partial charge in [0.25, 0.3) is 5.91 Å². The summed E-state index contributed by atoms with van der Waals surface area (Å²) in [4.78, 5) is 16.8. The Morgan fingerprint density at radius 3 is 2.46 bits per heavy atom. The monoisotopic (exact) mass is 362 g/mol. The van der Waals surface area contributed by atoms with Gasteiger partial charge in [-0.15, -0.1) is 11.3 Å². The number of halogens is 1. The lowest BCUT2D eigenvalue weighted by Crippen LogP contribution is -2.46. The molecular weight excluding hydrogens is 340 g/mol. The molecule has 0 spiro atoms. The maximum Gasteiger partial charge on any atom is 0.261 e. The Morgan fingerprint density at radius 1 is 1.17 bits per heavy atom. The minimum Gasteiger partial charge on any atom is -0.349 e. The van der Waals surface area contributed by atoms with E-state index in [0.29, 0.717) is 6.04 Å². The smallest absolute Gasteiger partial charge is 0.261 e. The highest BCUT2D eigenvalue weighted by molar-refractivity contribution is 7.17. The molecule has 0 saturated carbocycles. The molecule has 1 aliphatic heterocycles. The first-order valence-electron chi connectivity index (χ1n) is 8.43. The second kappa shape index (κ2) is 7.68. The minimum absolute atomic E-state index is 0.0446. The maximum absolute atomic E-state index is 12.5. The van der Waals surface area contributed by atoms with Crippen molar-refractivity contribution in [2.45, 2.75) is 38.8 Å². The van der Waals surface area contributed by atoms with Crippen molar-refractivity contribution in [3.05, 3.63) is 46.3 Å². The van der Waals surface area contributed by atoms with Gasteiger partial charge in [0.2, 0.25) is 0 Å². The number of likely N-dealkylation sites (tertiary alicyclic amines) is 1. The van der Waals surface area contributed by atoms with Crippen molar-refractivity contribution in [3.8, 4) is 10.4 Å². The van der Waals surface area contributed by atoms with Crippen molar-refractivity contribution < 1.29 is 4.79 Å². The molecule has 128 valence electrons. The second-order valence-electron chi connectivity index (χ2n) is 6.55. The van der Waals surface area contributed by atoms with Crippen LogP contribution in [0.2, 0.25) is 5.02 Å². The molecule has 2 aromatic rings. The van der Waals surface area contributed by atoms with Crippen LogP contribution >= 0.6 is 22.9 Å². The maximum atomic E-state index is 12.5. The molecule has 3 nitrogen and oxygen atoms in total. The third-order valence-electron chi connectivity index (χ3n) is 4.55. The second-order valence-corrected chi connectivity index (χ2v) is 8.07. The van der Waals surface area contributed by atoms with Crippen LogP contribution in [0.4, 0.5) is 0 Å². The van der Waals surface area contributed by atoms with Crippen LogP contribution in [0.1, 0.15) is 36.4 Å². The highest BCUT2D eigenvalue weighted by Crippen LogP contribution is 2.29. The molecule has 1 aromatic carbocycles. The van der Waals surface area contributed by atoms with Crippen molar-refractivity contribution in [1.82, 2.24) is 10.2 Å². The summed E-state index contributed by atoms with van der Waals surface area (Å²) in [6.45, 7) is 6.57. The van der Waals surface area contributed by atoms with E-state index < -0.39 is 0 Å². The number of nitrogens with one attached hydrogen (secondary N) is 1. The number of benzene rings is 1. The van der Waals surface area contributed by atoms with E-state index in [2.05, 4.69) is 24.1 Å². The van der Waals surface area contributed by atoms with Crippen molar-refractivity contribution in [2.75, 3.05) is 13.1 Å². The number of nitrogens with zero attached hydrogens (tertiary/aromatic N) is 1. The Bertz CT molecular complexity index is 688. The van der Waals surface area contributed by atoms with Gasteiger partial charge in [0.1, 0.15) is 0 Å². The van der Waals surface area contributed by atoms with Crippen LogP contribution in [-0.2, 0) is 0 Å². The van der Waals surface area contributed by atoms with Gasteiger partial charge in [-0.2, -0.15) is 0 Å². The Labute approximate surface area is 152 Å². The van der Waals surface area contributed by atoms with E-state index in [1.54, 1.807) is 0 Å². The number of carbonyl (C=O) groups excluding carboxylic acids is 1. The lowest BCUT2D eigenvalue weighted by Gasteiger charge is -2.34. The Hall–Kier alpha value is -1.36. The van der Waals surface area contributed by atoms with Gasteiger partial charge >= 0.3 is 0 Å². The van der Waals surface area contributed by atoms with Crippen molar-refractivity contribution >= 4 is 28.8 Å². The van der Waals surface area contributed by atoms with E-state index in [4.69, 9.17) is 11.6 Å². The Morgan fingerprint density at radius 2 is 1.83 bits per heavy atom. The first kappa shape index (κ1) is 17.5. The van der Waals surface area contributed by atoms with Crippen molar-refractivity contribution in [2.24, 2.45) is 0 Å². The molecule has 1 aromatic heterocycles. The van der Waals surface area contributed by atoms with E-state index in [1.807, 2.05) is 36.4 Å². The van der Waals surface area contributed by atoms with Gasteiger partial charge in [-0.25, -0.2) is 0 Å². The van der Waals surface area contributed by atoms with Crippen LogP contribution < -0.4 is 5.32 Å². The van der Waals surface area contributed by atoms with Crippen LogP contribution in [0, 0.1) is 0 Å². The summed E-state index contributed by atoms with van der Waals surface area (Å²) in [5.74, 6) is 0.0446. The average Bonchev–Trinajstić information content (AvgIpc) is 3.06. The Balaban J connectivity index is 1.59. The van der Waals surface area contributed by atoms with Gasteiger partial charge < -0.3 is 10.2 Å². The van der Waals surface area contributed by atoms with Gasteiger partial charge in [-0.3, -0.25) is 4.79 Å². The predicted octanol–water partition coefficient (Wildman–Crippen LogP) is 4.67. The topological polar surface area (TPSA) is 32.3 Å². The fourth-order valence-electron chi connectivity index (χ4n) is 3.05. The number of amides is 1. The van der Waals surface area contributed by atoms with E-state index in [9.17, 15) is 4.79 Å². The first-order valence-corrected chi connectivity index (χ1v) is 9.63. The normalized spacial score (nSPS) is 16.5. The third-order valence-corrected chi connectivity index (χ3v) is 5.94. The van der Waals surface area contributed by atoms with Crippen LogP contribution in [0.15, 0.2) is 36.4 Å². The summed E-state index contributed by atoms with van der Waals surface area (Å²) in [6.07, 6.45) is 2.05. The summed E-state index contributed by atoms with van der Waals surface area (Å²) >= 11 is 7.46.